The van der Waals surface area contributed by atoms with Crippen molar-refractivity contribution in [3.8, 4) is 0 Å². The summed E-state index contributed by atoms with van der Waals surface area (Å²) in [6.45, 7) is 3.62. The lowest BCUT2D eigenvalue weighted by Crippen LogP contribution is -2.45. The van der Waals surface area contributed by atoms with Crippen molar-refractivity contribution in [1.29, 1.82) is 0 Å². The maximum absolute atomic E-state index is 12.3. The fourth-order valence-electron chi connectivity index (χ4n) is 3.28. The van der Waals surface area contributed by atoms with Gasteiger partial charge in [-0.15, -0.1) is 0 Å². The summed E-state index contributed by atoms with van der Waals surface area (Å²) in [6, 6.07) is 5.75. The lowest BCUT2D eigenvalue weighted by molar-refractivity contribution is 0.0930. The van der Waals surface area contributed by atoms with Crippen molar-refractivity contribution in [2.75, 3.05) is 18.0 Å². The van der Waals surface area contributed by atoms with E-state index in [-0.39, 0.29) is 11.9 Å². The third-order valence-corrected chi connectivity index (χ3v) is 4.56. The van der Waals surface area contributed by atoms with Crippen molar-refractivity contribution in [3.63, 3.8) is 0 Å². The van der Waals surface area contributed by atoms with Gasteiger partial charge in [-0.2, -0.15) is 0 Å². The molecule has 3 aromatic rings. The summed E-state index contributed by atoms with van der Waals surface area (Å²) in [5.41, 5.74) is 1.47. The van der Waals surface area contributed by atoms with Gasteiger partial charge >= 0.3 is 0 Å². The van der Waals surface area contributed by atoms with E-state index in [4.69, 9.17) is 0 Å². The highest BCUT2D eigenvalue weighted by atomic mass is 16.1. The van der Waals surface area contributed by atoms with Gasteiger partial charge in [0.25, 0.3) is 5.91 Å². The van der Waals surface area contributed by atoms with Gasteiger partial charge in [0.2, 0.25) is 0 Å². The van der Waals surface area contributed by atoms with Crippen LogP contribution in [0.5, 0.6) is 0 Å². The van der Waals surface area contributed by atoms with Gasteiger partial charge in [-0.1, -0.05) is 0 Å². The van der Waals surface area contributed by atoms with Gasteiger partial charge in [0.05, 0.1) is 10.9 Å². The van der Waals surface area contributed by atoms with Gasteiger partial charge in [0.1, 0.15) is 17.3 Å². The normalized spacial score (nSPS) is 15.5. The summed E-state index contributed by atoms with van der Waals surface area (Å²) >= 11 is 0. The molecule has 1 amide bonds. The summed E-state index contributed by atoms with van der Waals surface area (Å²) in [6.07, 6.45) is 6.93. The third-order valence-electron chi connectivity index (χ3n) is 4.56. The average Bonchev–Trinajstić information content (AvgIpc) is 3.11. The second-order valence-electron chi connectivity index (χ2n) is 6.31. The lowest BCUT2D eigenvalue weighted by atomic mass is 10.0. The molecule has 1 aliphatic rings. The first-order valence-corrected chi connectivity index (χ1v) is 8.48. The molecule has 0 radical (unpaired) electrons. The van der Waals surface area contributed by atoms with Gasteiger partial charge in [-0.05, 0) is 38.0 Å². The van der Waals surface area contributed by atoms with Crippen LogP contribution in [-0.2, 0) is 0 Å². The number of aryl methyl sites for hydroxylation is 1. The number of aromatic nitrogens is 4. The van der Waals surface area contributed by atoms with Gasteiger partial charge < -0.3 is 15.2 Å². The standard InChI is InChI=1S/C18H20N6O/c1-12-21-16-15(4-8-20-16)17(22-12)24-9-5-14(6-10-24)23-18(25)13-3-2-7-19-11-13/h2-4,7-8,11,14H,5-6,9-10H2,1H3,(H,23,25)(H,20,21,22). The molecule has 128 valence electrons. The fraction of sp³-hybridized carbons (Fsp3) is 0.333. The van der Waals surface area contributed by atoms with E-state index in [9.17, 15) is 4.79 Å². The second kappa shape index (κ2) is 6.51. The number of carbonyl (C=O) groups is 1. The SMILES string of the molecule is Cc1nc(N2CCC(NC(=O)c3cccnc3)CC2)c2cc[nH]c2n1. The molecule has 1 aliphatic heterocycles. The number of hydrogen-bond acceptors (Lipinski definition) is 5. The van der Waals surface area contributed by atoms with E-state index < -0.39 is 0 Å². The van der Waals surface area contributed by atoms with Crippen LogP contribution in [0.1, 0.15) is 29.0 Å². The summed E-state index contributed by atoms with van der Waals surface area (Å²) in [7, 11) is 0. The number of H-pyrrole nitrogens is 1. The van der Waals surface area contributed by atoms with Crippen LogP contribution >= 0.6 is 0 Å². The van der Waals surface area contributed by atoms with Crippen LogP contribution < -0.4 is 10.2 Å². The molecule has 3 aromatic heterocycles. The minimum atomic E-state index is -0.0579. The van der Waals surface area contributed by atoms with Crippen LogP contribution in [0.2, 0.25) is 0 Å². The highest BCUT2D eigenvalue weighted by Crippen LogP contribution is 2.26. The Labute approximate surface area is 145 Å². The van der Waals surface area contributed by atoms with Gasteiger partial charge in [-0.25, -0.2) is 9.97 Å². The summed E-state index contributed by atoms with van der Waals surface area (Å²) in [4.78, 5) is 30.7. The lowest BCUT2D eigenvalue weighted by Gasteiger charge is -2.33. The molecular weight excluding hydrogens is 316 g/mol. The number of fused-ring (bicyclic) bond motifs is 1. The minimum absolute atomic E-state index is 0.0579. The van der Waals surface area contributed by atoms with E-state index in [1.165, 1.54) is 0 Å². The van der Waals surface area contributed by atoms with Gasteiger partial charge in [0.15, 0.2) is 0 Å². The number of nitrogens with zero attached hydrogens (tertiary/aromatic N) is 4. The van der Waals surface area contributed by atoms with Gasteiger partial charge in [0, 0.05) is 37.7 Å². The fourth-order valence-corrected chi connectivity index (χ4v) is 3.28. The molecule has 2 N–H and O–H groups in total. The Bertz CT molecular complexity index is 883. The van der Waals surface area contributed by atoms with Crippen molar-refractivity contribution in [2.24, 2.45) is 0 Å². The molecule has 7 nitrogen and oxygen atoms in total. The zero-order valence-corrected chi connectivity index (χ0v) is 14.1. The second-order valence-corrected chi connectivity index (χ2v) is 6.31. The first kappa shape index (κ1) is 15.6. The predicted molar refractivity (Wildman–Crippen MR) is 95.6 cm³/mol. The number of anilines is 1. The maximum atomic E-state index is 12.3. The number of piperidine rings is 1. The number of nitrogens with one attached hydrogen (secondary N) is 2. The van der Waals surface area contributed by atoms with E-state index >= 15 is 0 Å². The Balaban J connectivity index is 1.43. The summed E-state index contributed by atoms with van der Waals surface area (Å²) < 4.78 is 0. The van der Waals surface area contributed by atoms with E-state index in [1.54, 1.807) is 24.5 Å². The number of carbonyl (C=O) groups excluding carboxylic acids is 1. The van der Waals surface area contributed by atoms with E-state index in [0.29, 0.717) is 5.56 Å². The Morgan fingerprint density at radius 3 is 2.88 bits per heavy atom. The predicted octanol–water partition coefficient (Wildman–Crippen LogP) is 2.06. The summed E-state index contributed by atoms with van der Waals surface area (Å²) in [5, 5.41) is 4.15. The van der Waals surface area contributed by atoms with Crippen LogP contribution in [-0.4, -0.2) is 45.0 Å². The minimum Gasteiger partial charge on any atom is -0.356 e. The molecule has 4 heterocycles. The van der Waals surface area contributed by atoms with Gasteiger partial charge in [-0.3, -0.25) is 9.78 Å². The summed E-state index contributed by atoms with van der Waals surface area (Å²) in [5.74, 6) is 1.68. The first-order chi connectivity index (χ1) is 12.2. The molecule has 0 aliphatic carbocycles. The van der Waals surface area contributed by atoms with Crippen molar-refractivity contribution >= 4 is 22.8 Å². The topological polar surface area (TPSA) is 86.8 Å². The van der Waals surface area contributed by atoms with Crippen molar-refractivity contribution < 1.29 is 4.79 Å². The molecule has 0 atom stereocenters. The molecular formula is C18H20N6O. The number of aromatic amines is 1. The van der Waals surface area contributed by atoms with Crippen LogP contribution in [0.15, 0.2) is 36.8 Å². The molecule has 4 rings (SSSR count). The Morgan fingerprint density at radius 2 is 2.12 bits per heavy atom. The van der Waals surface area contributed by atoms with Crippen LogP contribution in [0.3, 0.4) is 0 Å². The number of amides is 1. The quantitative estimate of drug-likeness (QED) is 0.764. The van der Waals surface area contributed by atoms with Crippen molar-refractivity contribution in [1.82, 2.24) is 25.3 Å². The highest BCUT2D eigenvalue weighted by molar-refractivity contribution is 5.94. The molecule has 25 heavy (non-hydrogen) atoms. The van der Waals surface area contributed by atoms with E-state index in [0.717, 1.165) is 48.6 Å². The van der Waals surface area contributed by atoms with Crippen LogP contribution in [0.4, 0.5) is 5.82 Å². The van der Waals surface area contributed by atoms with Crippen molar-refractivity contribution in [2.45, 2.75) is 25.8 Å². The molecule has 0 saturated carbocycles. The van der Waals surface area contributed by atoms with E-state index in [1.807, 2.05) is 19.2 Å². The zero-order valence-electron chi connectivity index (χ0n) is 14.1. The first-order valence-electron chi connectivity index (χ1n) is 8.48. The Hall–Kier alpha value is -2.96. The molecule has 1 saturated heterocycles. The molecule has 0 aromatic carbocycles. The molecule has 1 fully saturated rings. The third kappa shape index (κ3) is 3.17. The van der Waals surface area contributed by atoms with Crippen LogP contribution in [0.25, 0.3) is 11.0 Å². The smallest absolute Gasteiger partial charge is 0.253 e. The molecule has 0 unspecified atom stereocenters. The van der Waals surface area contributed by atoms with Crippen molar-refractivity contribution in [3.05, 3.63) is 48.2 Å². The largest absolute Gasteiger partial charge is 0.356 e. The monoisotopic (exact) mass is 336 g/mol. The highest BCUT2D eigenvalue weighted by Gasteiger charge is 2.23. The molecule has 0 spiro atoms. The Kier molecular flexibility index (Phi) is 4.05. The zero-order chi connectivity index (χ0) is 17.2. The maximum Gasteiger partial charge on any atom is 0.253 e. The average molecular weight is 336 g/mol. The number of pyridine rings is 1. The molecule has 0 bridgehead atoms. The van der Waals surface area contributed by atoms with Crippen LogP contribution in [0, 0.1) is 6.92 Å². The Morgan fingerprint density at radius 1 is 1.28 bits per heavy atom. The number of hydrogen-bond donors (Lipinski definition) is 2. The molecule has 7 heteroatoms. The van der Waals surface area contributed by atoms with E-state index in [2.05, 4.69) is 30.2 Å². The number of rotatable bonds is 3.